The van der Waals surface area contributed by atoms with Gasteiger partial charge >= 0.3 is 5.69 Å². The van der Waals surface area contributed by atoms with Crippen molar-refractivity contribution in [1.29, 1.82) is 0 Å². The molecule has 0 aliphatic carbocycles. The summed E-state index contributed by atoms with van der Waals surface area (Å²) >= 11 is 0. The molecule has 1 N–H and O–H groups in total. The minimum absolute atomic E-state index is 0.0597. The highest BCUT2D eigenvalue weighted by atomic mass is 16.2. The maximum Gasteiger partial charge on any atom is 0.328 e. The number of hydrogen-bond donors (Lipinski definition) is 1. The zero-order valence-corrected chi connectivity index (χ0v) is 12.5. The van der Waals surface area contributed by atoms with Gasteiger partial charge in [0.15, 0.2) is 0 Å². The topological polar surface area (TPSA) is 75.2 Å². The number of aromatic nitrogens is 2. The first-order valence-corrected chi connectivity index (χ1v) is 7.17. The van der Waals surface area contributed by atoms with Gasteiger partial charge in [0.2, 0.25) is 5.91 Å². The van der Waals surface area contributed by atoms with Crippen molar-refractivity contribution in [1.82, 2.24) is 9.55 Å². The van der Waals surface area contributed by atoms with Crippen molar-refractivity contribution in [2.24, 2.45) is 0 Å². The first kappa shape index (κ1) is 14.3. The second-order valence-corrected chi connectivity index (χ2v) is 5.64. The van der Waals surface area contributed by atoms with Gasteiger partial charge in [-0.05, 0) is 31.9 Å². The number of nitrogens with zero attached hydrogens (tertiary/aromatic N) is 2. The number of nitrogens with one attached hydrogen (secondary N) is 1. The number of fused-ring (bicyclic) bond motifs is 1. The van der Waals surface area contributed by atoms with Gasteiger partial charge in [-0.1, -0.05) is 18.2 Å². The van der Waals surface area contributed by atoms with E-state index in [9.17, 15) is 14.4 Å². The van der Waals surface area contributed by atoms with Crippen LogP contribution in [-0.2, 0) is 17.8 Å². The highest BCUT2D eigenvalue weighted by Crippen LogP contribution is 2.31. The first-order chi connectivity index (χ1) is 10.5. The molecule has 0 radical (unpaired) electrons. The maximum absolute atomic E-state index is 12.6. The van der Waals surface area contributed by atoms with Crippen LogP contribution in [0.15, 0.2) is 40.1 Å². The summed E-state index contributed by atoms with van der Waals surface area (Å²) < 4.78 is 1.24. The zero-order chi connectivity index (χ0) is 15.9. The number of hydrogen-bond acceptors (Lipinski definition) is 3. The number of aryl methyl sites for hydroxylation is 1. The van der Waals surface area contributed by atoms with E-state index in [1.807, 2.05) is 31.2 Å². The first-order valence-electron chi connectivity index (χ1n) is 7.17. The predicted molar refractivity (Wildman–Crippen MR) is 83.2 cm³/mol. The van der Waals surface area contributed by atoms with Crippen molar-refractivity contribution in [2.45, 2.75) is 32.9 Å². The molecule has 1 atom stereocenters. The number of rotatable bonds is 2. The fraction of sp³-hybridized carbons (Fsp3) is 0.312. The Morgan fingerprint density at radius 3 is 2.82 bits per heavy atom. The third-order valence-electron chi connectivity index (χ3n) is 3.97. The largest absolute Gasteiger partial charge is 0.328 e. The average Bonchev–Trinajstić information content (AvgIpc) is 2.80. The summed E-state index contributed by atoms with van der Waals surface area (Å²) in [6.45, 7) is 3.50. The fourth-order valence-electron chi connectivity index (χ4n) is 2.90. The summed E-state index contributed by atoms with van der Waals surface area (Å²) in [5.41, 5.74) is 1.45. The lowest BCUT2D eigenvalue weighted by molar-refractivity contribution is -0.119. The molecule has 0 bridgehead atoms. The van der Waals surface area contributed by atoms with Crippen LogP contribution >= 0.6 is 0 Å². The van der Waals surface area contributed by atoms with Crippen LogP contribution in [0, 0.1) is 6.92 Å². The van der Waals surface area contributed by atoms with Gasteiger partial charge in [0, 0.05) is 23.5 Å². The van der Waals surface area contributed by atoms with E-state index >= 15 is 0 Å². The summed E-state index contributed by atoms with van der Waals surface area (Å²) in [6.07, 6.45) is 2.23. The van der Waals surface area contributed by atoms with E-state index in [1.54, 1.807) is 11.8 Å². The second kappa shape index (κ2) is 5.29. The van der Waals surface area contributed by atoms with Gasteiger partial charge in [-0.2, -0.15) is 0 Å². The molecule has 2 heterocycles. The molecular weight excluding hydrogens is 282 g/mol. The molecule has 114 valence electrons. The Morgan fingerprint density at radius 1 is 1.32 bits per heavy atom. The molecule has 1 aromatic carbocycles. The normalized spacial score (nSPS) is 16.6. The molecule has 6 nitrogen and oxygen atoms in total. The van der Waals surface area contributed by atoms with Crippen LogP contribution < -0.4 is 16.1 Å². The van der Waals surface area contributed by atoms with E-state index in [4.69, 9.17) is 0 Å². The number of amides is 1. The Balaban J connectivity index is 1.91. The molecule has 0 spiro atoms. The third kappa shape index (κ3) is 2.36. The van der Waals surface area contributed by atoms with Crippen LogP contribution in [0.25, 0.3) is 0 Å². The smallest absolute Gasteiger partial charge is 0.307 e. The Kier molecular flexibility index (Phi) is 3.44. The molecular formula is C16H17N3O3. The quantitative estimate of drug-likeness (QED) is 0.892. The number of carbonyl (C=O) groups is 1. The van der Waals surface area contributed by atoms with Gasteiger partial charge in [0.05, 0.1) is 0 Å². The van der Waals surface area contributed by atoms with Gasteiger partial charge in [-0.15, -0.1) is 0 Å². The lowest BCUT2D eigenvalue weighted by Crippen LogP contribution is -2.41. The number of anilines is 1. The summed E-state index contributed by atoms with van der Waals surface area (Å²) in [5.74, 6) is -0.161. The molecule has 0 saturated heterocycles. The third-order valence-corrected chi connectivity index (χ3v) is 3.97. The Morgan fingerprint density at radius 2 is 2.05 bits per heavy atom. The van der Waals surface area contributed by atoms with Crippen LogP contribution in [0.4, 0.5) is 5.69 Å². The Hall–Kier alpha value is -2.63. The number of aromatic amines is 1. The molecule has 6 heteroatoms. The molecule has 1 unspecified atom stereocenters. The average molecular weight is 299 g/mol. The predicted octanol–water partition coefficient (Wildman–Crippen LogP) is 0.823. The highest BCUT2D eigenvalue weighted by molar-refractivity contribution is 5.96. The van der Waals surface area contributed by atoms with Crippen molar-refractivity contribution >= 4 is 11.6 Å². The van der Waals surface area contributed by atoms with Gasteiger partial charge in [-0.25, -0.2) is 4.79 Å². The lowest BCUT2D eigenvalue weighted by Gasteiger charge is -2.23. The SMILES string of the molecule is Cc1cn(CC(=O)N2c3ccccc3CC2C)c(=O)[nH]c1=O. The van der Waals surface area contributed by atoms with Gasteiger partial charge in [0.25, 0.3) is 5.56 Å². The second-order valence-electron chi connectivity index (χ2n) is 5.64. The summed E-state index contributed by atoms with van der Waals surface area (Å²) in [4.78, 5) is 39.7. The van der Waals surface area contributed by atoms with Gasteiger partial charge in [-0.3, -0.25) is 19.1 Å². The van der Waals surface area contributed by atoms with Crippen LogP contribution in [-0.4, -0.2) is 21.5 Å². The van der Waals surface area contributed by atoms with E-state index < -0.39 is 11.2 Å². The lowest BCUT2D eigenvalue weighted by atomic mass is 10.1. The standard InChI is InChI=1S/C16H17N3O3/c1-10-8-18(16(22)17-15(10)21)9-14(20)19-11(2)7-12-5-3-4-6-13(12)19/h3-6,8,11H,7,9H2,1-2H3,(H,17,21,22). The van der Waals surface area contributed by atoms with Crippen molar-refractivity contribution in [3.05, 3.63) is 62.4 Å². The summed E-state index contributed by atoms with van der Waals surface area (Å²) in [5, 5.41) is 0. The van der Waals surface area contributed by atoms with Crippen LogP contribution in [0.5, 0.6) is 0 Å². The number of para-hydroxylation sites is 1. The van der Waals surface area contributed by atoms with E-state index in [1.165, 1.54) is 10.8 Å². The van der Waals surface area contributed by atoms with E-state index in [-0.39, 0.29) is 18.5 Å². The maximum atomic E-state index is 12.6. The monoisotopic (exact) mass is 299 g/mol. The molecule has 22 heavy (non-hydrogen) atoms. The zero-order valence-electron chi connectivity index (χ0n) is 12.5. The van der Waals surface area contributed by atoms with E-state index in [0.717, 1.165) is 17.7 Å². The van der Waals surface area contributed by atoms with Crippen molar-refractivity contribution in [3.8, 4) is 0 Å². The number of H-pyrrole nitrogens is 1. The molecule has 0 fully saturated rings. The summed E-state index contributed by atoms with van der Waals surface area (Å²) in [7, 11) is 0. The van der Waals surface area contributed by atoms with E-state index in [2.05, 4.69) is 4.98 Å². The minimum atomic E-state index is -0.566. The van der Waals surface area contributed by atoms with Crippen molar-refractivity contribution < 1.29 is 4.79 Å². The number of carbonyl (C=O) groups excluding carboxylic acids is 1. The molecule has 1 aliphatic rings. The minimum Gasteiger partial charge on any atom is -0.307 e. The molecule has 0 saturated carbocycles. The molecule has 1 amide bonds. The van der Waals surface area contributed by atoms with Gasteiger partial charge < -0.3 is 4.90 Å². The van der Waals surface area contributed by atoms with Crippen LogP contribution in [0.1, 0.15) is 18.1 Å². The molecule has 1 aliphatic heterocycles. The van der Waals surface area contributed by atoms with Crippen molar-refractivity contribution in [3.63, 3.8) is 0 Å². The Bertz CT molecular complexity index is 850. The van der Waals surface area contributed by atoms with Crippen LogP contribution in [0.3, 0.4) is 0 Å². The fourth-order valence-corrected chi connectivity index (χ4v) is 2.90. The molecule has 2 aromatic rings. The van der Waals surface area contributed by atoms with Crippen molar-refractivity contribution in [2.75, 3.05) is 4.90 Å². The summed E-state index contributed by atoms with van der Waals surface area (Å²) in [6, 6.07) is 7.83. The van der Waals surface area contributed by atoms with E-state index in [0.29, 0.717) is 5.56 Å². The molecule has 1 aromatic heterocycles. The Labute approximate surface area is 127 Å². The van der Waals surface area contributed by atoms with Gasteiger partial charge in [0.1, 0.15) is 6.54 Å². The number of benzene rings is 1. The highest BCUT2D eigenvalue weighted by Gasteiger charge is 2.30. The molecule has 3 rings (SSSR count). The van der Waals surface area contributed by atoms with Crippen LogP contribution in [0.2, 0.25) is 0 Å².